The van der Waals surface area contributed by atoms with Gasteiger partial charge in [0.15, 0.2) is 0 Å². The monoisotopic (exact) mass is 420 g/mol. The Morgan fingerprint density at radius 2 is 1.03 bits per heavy atom. The van der Waals surface area contributed by atoms with E-state index >= 15 is 0 Å². The van der Waals surface area contributed by atoms with E-state index in [2.05, 4.69) is 119 Å². The lowest BCUT2D eigenvalue weighted by atomic mass is 9.99. The van der Waals surface area contributed by atoms with Gasteiger partial charge in [0.05, 0.1) is 22.1 Å². The summed E-state index contributed by atoms with van der Waals surface area (Å²) in [4.78, 5) is 0. The van der Waals surface area contributed by atoms with E-state index < -0.39 is 0 Å². The van der Waals surface area contributed by atoms with E-state index in [-0.39, 0.29) is 0 Å². The molecule has 0 spiro atoms. The van der Waals surface area contributed by atoms with E-state index in [0.29, 0.717) is 0 Å². The zero-order chi connectivity index (χ0) is 21.7. The van der Waals surface area contributed by atoms with Gasteiger partial charge in [-0.25, -0.2) is 0 Å². The number of hydrogen-bond donors (Lipinski definition) is 0. The SMILES string of the molecule is Cn1c2ccccc2c2cc3c4cc(-c5ccccc5)cc5c6ccccc6n(c3cc21)c54. The second kappa shape index (κ2) is 5.93. The molecule has 2 nitrogen and oxygen atoms in total. The smallest absolute Gasteiger partial charge is 0.0620 e. The fourth-order valence-electron chi connectivity index (χ4n) is 5.95. The number of nitrogens with zero attached hydrogens (tertiary/aromatic N) is 2. The molecule has 0 aliphatic carbocycles. The third-order valence-corrected chi connectivity index (χ3v) is 7.44. The molecular formula is C31H20N2. The fourth-order valence-corrected chi connectivity index (χ4v) is 5.95. The van der Waals surface area contributed by atoms with Gasteiger partial charge >= 0.3 is 0 Å². The number of aromatic nitrogens is 2. The van der Waals surface area contributed by atoms with Crippen LogP contribution in [-0.2, 0) is 7.05 Å². The molecule has 0 saturated heterocycles. The van der Waals surface area contributed by atoms with Crippen molar-refractivity contribution in [2.45, 2.75) is 0 Å². The van der Waals surface area contributed by atoms with E-state index in [0.717, 1.165) is 0 Å². The standard InChI is InChI=1S/C31H20N2/c1-32-27-13-7-5-11-21(27)23-17-24-26-16-20(19-9-3-2-4-10-19)15-25-22-12-6-8-14-28(22)33(31(25)26)30(24)18-29(23)32/h2-18H,1H3. The molecule has 0 aliphatic heterocycles. The molecule has 0 fully saturated rings. The summed E-state index contributed by atoms with van der Waals surface area (Å²) in [6.45, 7) is 0. The van der Waals surface area contributed by atoms with Gasteiger partial charge in [0.25, 0.3) is 0 Å². The highest BCUT2D eigenvalue weighted by Gasteiger charge is 2.20. The molecule has 3 heterocycles. The lowest BCUT2D eigenvalue weighted by Crippen LogP contribution is -1.87. The summed E-state index contributed by atoms with van der Waals surface area (Å²) in [6.07, 6.45) is 0. The Bertz CT molecular complexity index is 2020. The van der Waals surface area contributed by atoms with Crippen LogP contribution in [0.4, 0.5) is 0 Å². The third-order valence-electron chi connectivity index (χ3n) is 7.44. The average molecular weight is 421 g/mol. The maximum absolute atomic E-state index is 2.47. The number of rotatable bonds is 1. The zero-order valence-corrected chi connectivity index (χ0v) is 18.2. The fraction of sp³-hybridized carbons (Fsp3) is 0.0323. The minimum absolute atomic E-state index is 1.26. The molecule has 8 aromatic rings. The molecule has 0 bridgehead atoms. The van der Waals surface area contributed by atoms with Crippen molar-refractivity contribution in [1.82, 2.24) is 8.97 Å². The highest BCUT2D eigenvalue weighted by atomic mass is 15.0. The molecule has 2 heteroatoms. The van der Waals surface area contributed by atoms with E-state index in [1.165, 1.54) is 71.0 Å². The highest BCUT2D eigenvalue weighted by molar-refractivity contribution is 6.27. The van der Waals surface area contributed by atoms with Gasteiger partial charge in [-0.05, 0) is 47.5 Å². The van der Waals surface area contributed by atoms with Gasteiger partial charge in [-0.15, -0.1) is 0 Å². The van der Waals surface area contributed by atoms with Crippen LogP contribution >= 0.6 is 0 Å². The average Bonchev–Trinajstić information content (AvgIpc) is 3.48. The highest BCUT2D eigenvalue weighted by Crippen LogP contribution is 2.43. The summed E-state index contributed by atoms with van der Waals surface area (Å²) in [5.41, 5.74) is 8.95. The van der Waals surface area contributed by atoms with Crippen molar-refractivity contribution in [2.75, 3.05) is 0 Å². The van der Waals surface area contributed by atoms with E-state index in [9.17, 15) is 0 Å². The van der Waals surface area contributed by atoms with Crippen molar-refractivity contribution in [3.05, 3.63) is 103 Å². The normalized spacial score (nSPS) is 12.4. The van der Waals surface area contributed by atoms with Crippen LogP contribution < -0.4 is 0 Å². The molecular weight excluding hydrogens is 400 g/mol. The molecule has 33 heavy (non-hydrogen) atoms. The first kappa shape index (κ1) is 17.3. The summed E-state index contributed by atoms with van der Waals surface area (Å²) >= 11 is 0. The summed E-state index contributed by atoms with van der Waals surface area (Å²) in [7, 11) is 2.18. The van der Waals surface area contributed by atoms with Crippen LogP contribution in [0.15, 0.2) is 103 Å². The molecule has 3 aromatic heterocycles. The Labute approximate surface area is 190 Å². The second-order valence-corrected chi connectivity index (χ2v) is 9.10. The van der Waals surface area contributed by atoms with Crippen molar-refractivity contribution in [3.63, 3.8) is 0 Å². The summed E-state index contributed by atoms with van der Waals surface area (Å²) in [5, 5.41) is 7.92. The first-order valence-electron chi connectivity index (χ1n) is 11.4. The lowest BCUT2D eigenvalue weighted by molar-refractivity contribution is 1.01. The van der Waals surface area contributed by atoms with E-state index in [4.69, 9.17) is 0 Å². The van der Waals surface area contributed by atoms with Crippen molar-refractivity contribution in [3.8, 4) is 11.1 Å². The van der Waals surface area contributed by atoms with Gasteiger partial charge in [0.2, 0.25) is 0 Å². The first-order valence-corrected chi connectivity index (χ1v) is 11.4. The summed E-state index contributed by atoms with van der Waals surface area (Å²) < 4.78 is 4.80. The van der Waals surface area contributed by atoms with Crippen LogP contribution in [0.1, 0.15) is 0 Å². The number of aryl methyl sites for hydroxylation is 1. The molecule has 0 amide bonds. The Morgan fingerprint density at radius 1 is 0.424 bits per heavy atom. The van der Waals surface area contributed by atoms with E-state index in [1.54, 1.807) is 0 Å². The molecule has 8 rings (SSSR count). The number of benzene rings is 5. The number of fused-ring (bicyclic) bond motifs is 9. The molecule has 0 saturated carbocycles. The first-order chi connectivity index (χ1) is 16.3. The Balaban J connectivity index is 1.65. The van der Waals surface area contributed by atoms with Crippen LogP contribution in [0.3, 0.4) is 0 Å². The van der Waals surface area contributed by atoms with Crippen molar-refractivity contribution in [2.24, 2.45) is 7.05 Å². The minimum atomic E-state index is 1.26. The summed E-state index contributed by atoms with van der Waals surface area (Å²) in [6, 6.07) is 37.8. The topological polar surface area (TPSA) is 9.34 Å². The zero-order valence-electron chi connectivity index (χ0n) is 18.2. The van der Waals surface area contributed by atoms with Gasteiger partial charge in [0.1, 0.15) is 0 Å². The van der Waals surface area contributed by atoms with Gasteiger partial charge in [-0.1, -0.05) is 66.7 Å². The Hall–Kier alpha value is -4.30. The Morgan fingerprint density at radius 3 is 1.82 bits per heavy atom. The molecule has 0 unspecified atom stereocenters. The lowest BCUT2D eigenvalue weighted by Gasteiger charge is -2.04. The third kappa shape index (κ3) is 2.08. The predicted octanol–water partition coefficient (Wildman–Crippen LogP) is 8.15. The van der Waals surface area contributed by atoms with Gasteiger partial charge in [-0.3, -0.25) is 0 Å². The maximum atomic E-state index is 2.47. The van der Waals surface area contributed by atoms with Crippen LogP contribution in [0.5, 0.6) is 0 Å². The van der Waals surface area contributed by atoms with Crippen LogP contribution in [0.25, 0.3) is 71.0 Å². The maximum Gasteiger partial charge on any atom is 0.0620 e. The summed E-state index contributed by atoms with van der Waals surface area (Å²) in [5.74, 6) is 0. The van der Waals surface area contributed by atoms with Crippen molar-refractivity contribution < 1.29 is 0 Å². The van der Waals surface area contributed by atoms with Crippen LogP contribution in [0, 0.1) is 0 Å². The van der Waals surface area contributed by atoms with Crippen LogP contribution in [0.2, 0.25) is 0 Å². The molecule has 0 atom stereocenters. The Kier molecular flexibility index (Phi) is 3.11. The number of hydrogen-bond acceptors (Lipinski definition) is 0. The van der Waals surface area contributed by atoms with Crippen LogP contribution in [-0.4, -0.2) is 8.97 Å². The largest absolute Gasteiger partial charge is 0.344 e. The molecule has 0 aliphatic rings. The minimum Gasteiger partial charge on any atom is -0.344 e. The predicted molar refractivity (Wildman–Crippen MR) is 141 cm³/mol. The van der Waals surface area contributed by atoms with Gasteiger partial charge < -0.3 is 8.97 Å². The van der Waals surface area contributed by atoms with Crippen molar-refractivity contribution in [1.29, 1.82) is 0 Å². The second-order valence-electron chi connectivity index (χ2n) is 9.10. The van der Waals surface area contributed by atoms with Gasteiger partial charge in [0, 0.05) is 44.9 Å². The molecule has 0 radical (unpaired) electrons. The van der Waals surface area contributed by atoms with E-state index in [1.807, 2.05) is 0 Å². The molecule has 154 valence electrons. The molecule has 0 N–H and O–H groups in total. The van der Waals surface area contributed by atoms with Gasteiger partial charge in [-0.2, -0.15) is 0 Å². The molecule has 5 aromatic carbocycles. The quantitative estimate of drug-likeness (QED) is 0.253. The van der Waals surface area contributed by atoms with Crippen molar-refractivity contribution >= 4 is 59.9 Å². The number of para-hydroxylation sites is 2.